The van der Waals surface area contributed by atoms with Crippen LogP contribution in [0.4, 0.5) is 45.2 Å². The van der Waals surface area contributed by atoms with Crippen molar-refractivity contribution in [2.24, 2.45) is 0 Å². The van der Waals surface area contributed by atoms with Crippen LogP contribution < -0.4 is 4.48 Å². The van der Waals surface area contributed by atoms with E-state index in [1.165, 1.54) is 6.07 Å². The van der Waals surface area contributed by atoms with Crippen molar-refractivity contribution < 1.29 is 39.5 Å². The molecule has 0 spiro atoms. The van der Waals surface area contributed by atoms with Gasteiger partial charge in [0.05, 0.1) is 14.1 Å². The summed E-state index contributed by atoms with van der Waals surface area (Å²) < 4.78 is 115. The summed E-state index contributed by atoms with van der Waals surface area (Å²) in [4.78, 5) is 0. The van der Waals surface area contributed by atoms with E-state index in [1.54, 1.807) is 0 Å². The van der Waals surface area contributed by atoms with Crippen molar-refractivity contribution in [3.8, 4) is 0 Å². The summed E-state index contributed by atoms with van der Waals surface area (Å²) in [5.41, 5.74) is -6.73. The van der Waals surface area contributed by atoms with E-state index >= 15 is 0 Å². The van der Waals surface area contributed by atoms with E-state index in [0.717, 1.165) is 24.3 Å². The van der Waals surface area contributed by atoms with Crippen LogP contribution in [0.15, 0.2) is 30.3 Å². The second kappa shape index (κ2) is 5.04. The lowest BCUT2D eigenvalue weighted by atomic mass is 9.91. The van der Waals surface area contributed by atoms with Gasteiger partial charge in [0.15, 0.2) is 0 Å². The Bertz CT molecular complexity index is 474. The highest BCUT2D eigenvalue weighted by atomic mass is 19.4. The second-order valence-electron chi connectivity index (χ2n) is 4.99. The molecule has 0 aliphatic rings. The van der Waals surface area contributed by atoms with E-state index in [0.29, 0.717) is 0 Å². The third-order valence-corrected chi connectivity index (χ3v) is 3.47. The van der Waals surface area contributed by atoms with Gasteiger partial charge in [0.2, 0.25) is 0 Å². The molecule has 1 aromatic carbocycles. The molecule has 0 fully saturated rings. The van der Waals surface area contributed by atoms with Crippen molar-refractivity contribution in [1.29, 1.82) is 0 Å². The first-order valence-electron chi connectivity index (χ1n) is 5.70. The van der Waals surface area contributed by atoms with E-state index in [4.69, 9.17) is 0 Å². The zero-order valence-electron chi connectivity index (χ0n) is 11.2. The van der Waals surface area contributed by atoms with Gasteiger partial charge >= 0.3 is 24.1 Å². The average molecular weight is 340 g/mol. The summed E-state index contributed by atoms with van der Waals surface area (Å²) in [5, 5.41) is 0. The number of rotatable bonds is 2. The van der Waals surface area contributed by atoms with Crippen molar-refractivity contribution >= 4 is 5.69 Å². The summed E-state index contributed by atoms with van der Waals surface area (Å²) in [7, 11) is 0.452. The molecule has 0 bridgehead atoms. The average Bonchev–Trinajstić information content (AvgIpc) is 2.23. The molecule has 0 saturated heterocycles. The molecule has 0 aromatic heterocycles. The van der Waals surface area contributed by atoms with Crippen LogP contribution >= 0.6 is 0 Å². The molecule has 1 aromatic rings. The molecule has 0 radical (unpaired) electrons. The highest BCUT2D eigenvalue weighted by Crippen LogP contribution is 2.58. The number of hydrogen-bond donors (Lipinski definition) is 0. The molecular formula is C12H11F9N+. The lowest BCUT2D eigenvalue weighted by Gasteiger charge is -2.48. The molecule has 10 heteroatoms. The molecule has 0 aliphatic heterocycles. The molecule has 1 rings (SSSR count). The van der Waals surface area contributed by atoms with Gasteiger partial charge in [-0.2, -0.15) is 39.5 Å². The number of benzene rings is 1. The van der Waals surface area contributed by atoms with Crippen LogP contribution in [0, 0.1) is 0 Å². The Kier molecular flexibility index (Phi) is 4.26. The number of hydrogen-bond acceptors (Lipinski definition) is 0. The summed E-state index contributed by atoms with van der Waals surface area (Å²) in [6.45, 7) is 0. The third kappa shape index (κ3) is 2.42. The zero-order valence-corrected chi connectivity index (χ0v) is 11.2. The first-order chi connectivity index (χ1) is 9.61. The predicted molar refractivity (Wildman–Crippen MR) is 61.0 cm³/mol. The van der Waals surface area contributed by atoms with Gasteiger partial charge in [-0.05, 0) is 12.1 Å². The Morgan fingerprint density at radius 2 is 0.955 bits per heavy atom. The van der Waals surface area contributed by atoms with Crippen molar-refractivity contribution in [2.75, 3.05) is 14.1 Å². The Labute approximate surface area is 119 Å². The molecule has 0 aliphatic carbocycles. The zero-order chi connectivity index (χ0) is 17.6. The fourth-order valence-corrected chi connectivity index (χ4v) is 2.43. The summed E-state index contributed by atoms with van der Waals surface area (Å²) in [6, 6.07) is 4.93. The molecule has 0 heterocycles. The van der Waals surface area contributed by atoms with E-state index in [9.17, 15) is 39.5 Å². The van der Waals surface area contributed by atoms with Crippen molar-refractivity contribution in [3.05, 3.63) is 30.3 Å². The van der Waals surface area contributed by atoms with Crippen molar-refractivity contribution in [1.82, 2.24) is 4.48 Å². The van der Waals surface area contributed by atoms with Gasteiger partial charge in [0.1, 0.15) is 5.69 Å². The normalized spacial score (nSPS) is 15.0. The molecule has 22 heavy (non-hydrogen) atoms. The Hall–Kier alpha value is -1.45. The lowest BCUT2D eigenvalue weighted by Crippen LogP contribution is -2.81. The van der Waals surface area contributed by atoms with Crippen LogP contribution in [0.25, 0.3) is 0 Å². The molecule has 0 saturated carbocycles. The molecule has 0 atom stereocenters. The number of nitrogens with zero attached hydrogens (tertiary/aromatic N) is 1. The minimum atomic E-state index is -6.61. The van der Waals surface area contributed by atoms with E-state index in [2.05, 4.69) is 0 Å². The summed E-state index contributed by atoms with van der Waals surface area (Å²) in [5.74, 6) is 0. The quantitative estimate of drug-likeness (QED) is 0.542. The van der Waals surface area contributed by atoms with Crippen LogP contribution in [0.5, 0.6) is 0 Å². The van der Waals surface area contributed by atoms with Gasteiger partial charge in [-0.25, -0.2) is 0 Å². The highest BCUT2D eigenvalue weighted by Gasteiger charge is 2.92. The molecule has 0 N–H and O–H groups in total. The number of halogens is 9. The smallest absolute Gasteiger partial charge is 0.268 e. The standard InChI is InChI=1S/C12H11F9N/c1-22(2,8-6-4-3-5-7-8)9(10(13,14)15,11(16,17)18)12(19,20)21/h3-7H,1-2H3/q+1. The van der Waals surface area contributed by atoms with Gasteiger partial charge < -0.3 is 0 Å². The van der Waals surface area contributed by atoms with Crippen LogP contribution in [0.3, 0.4) is 0 Å². The fraction of sp³-hybridized carbons (Fsp3) is 0.500. The summed E-state index contributed by atoms with van der Waals surface area (Å²) >= 11 is 0. The molecule has 126 valence electrons. The van der Waals surface area contributed by atoms with Gasteiger partial charge in [-0.15, -0.1) is 0 Å². The first-order valence-corrected chi connectivity index (χ1v) is 5.70. The van der Waals surface area contributed by atoms with E-state index in [-0.39, 0.29) is 14.1 Å². The van der Waals surface area contributed by atoms with Gasteiger partial charge in [-0.1, -0.05) is 18.2 Å². The number of alkyl halides is 9. The largest absolute Gasteiger partial charge is 0.464 e. The molecule has 1 nitrogen and oxygen atoms in total. The van der Waals surface area contributed by atoms with Crippen molar-refractivity contribution in [2.45, 2.75) is 24.1 Å². The van der Waals surface area contributed by atoms with E-state index in [1.807, 2.05) is 0 Å². The maximum absolute atomic E-state index is 13.1. The van der Waals surface area contributed by atoms with Crippen LogP contribution in [-0.2, 0) is 0 Å². The summed E-state index contributed by atoms with van der Waals surface area (Å²) in [6.07, 6.45) is -19.8. The lowest BCUT2D eigenvalue weighted by molar-refractivity contribution is -0.412. The van der Waals surface area contributed by atoms with Crippen LogP contribution in [0.2, 0.25) is 0 Å². The SMILES string of the molecule is C[N+](C)(c1ccccc1)C(C(F)(F)F)(C(F)(F)F)C(F)(F)F. The third-order valence-electron chi connectivity index (χ3n) is 3.47. The first kappa shape index (κ1) is 18.6. The fourth-order valence-electron chi connectivity index (χ4n) is 2.43. The minimum Gasteiger partial charge on any atom is -0.268 e. The van der Waals surface area contributed by atoms with Crippen LogP contribution in [0.1, 0.15) is 0 Å². The highest BCUT2D eigenvalue weighted by molar-refractivity contribution is 5.46. The maximum atomic E-state index is 13.1. The number of quaternary nitrogens is 1. The maximum Gasteiger partial charge on any atom is 0.464 e. The molecular weight excluding hydrogens is 329 g/mol. The van der Waals surface area contributed by atoms with Gasteiger partial charge in [0, 0.05) is 0 Å². The second-order valence-corrected chi connectivity index (χ2v) is 4.99. The molecule has 0 unspecified atom stereocenters. The minimum absolute atomic E-state index is 0.226. The Morgan fingerprint density at radius 1 is 0.636 bits per heavy atom. The predicted octanol–water partition coefficient (Wildman–Crippen LogP) is 4.68. The molecule has 0 amide bonds. The van der Waals surface area contributed by atoms with Gasteiger partial charge in [0.25, 0.3) is 0 Å². The Balaban J connectivity index is 3.87. The Morgan fingerprint density at radius 3 is 1.23 bits per heavy atom. The van der Waals surface area contributed by atoms with Crippen molar-refractivity contribution in [3.63, 3.8) is 0 Å². The van der Waals surface area contributed by atoms with E-state index < -0.39 is 34.2 Å². The van der Waals surface area contributed by atoms with Crippen LogP contribution in [-0.4, -0.2) is 38.2 Å². The number of para-hydroxylation sites is 1. The van der Waals surface area contributed by atoms with Gasteiger partial charge in [-0.3, -0.25) is 4.48 Å². The monoisotopic (exact) mass is 340 g/mol. The topological polar surface area (TPSA) is 0 Å².